The fourth-order valence-electron chi connectivity index (χ4n) is 2.73. The monoisotopic (exact) mass is 293 g/mol. The molecule has 0 unspecified atom stereocenters. The van der Waals surface area contributed by atoms with Gasteiger partial charge in [-0.1, -0.05) is 19.1 Å². The third-order valence-corrected chi connectivity index (χ3v) is 4.02. The summed E-state index contributed by atoms with van der Waals surface area (Å²) < 4.78 is 13.2. The van der Waals surface area contributed by atoms with Gasteiger partial charge in [0.2, 0.25) is 5.91 Å². The molecule has 0 bridgehead atoms. The zero-order valence-electron chi connectivity index (χ0n) is 12.1. The molecule has 1 aromatic carbocycles. The molecule has 0 aromatic heterocycles. The van der Waals surface area contributed by atoms with Crippen LogP contribution in [0.2, 0.25) is 0 Å². The molecule has 0 saturated carbocycles. The van der Waals surface area contributed by atoms with Crippen LogP contribution in [-0.2, 0) is 9.59 Å². The number of carbonyl (C=O) groups excluding carboxylic acids is 1. The Balaban J connectivity index is 1.96. The summed E-state index contributed by atoms with van der Waals surface area (Å²) in [6, 6.07) is 6.25. The number of halogens is 1. The summed E-state index contributed by atoms with van der Waals surface area (Å²) >= 11 is 0. The number of likely N-dealkylation sites (tertiary alicyclic amines) is 1. The zero-order chi connectivity index (χ0) is 15.4. The predicted octanol–water partition coefficient (Wildman–Crippen LogP) is 2.64. The summed E-state index contributed by atoms with van der Waals surface area (Å²) in [7, 11) is 0. The molecule has 2 rings (SSSR count). The Morgan fingerprint density at radius 3 is 2.90 bits per heavy atom. The van der Waals surface area contributed by atoms with Crippen LogP contribution in [0.3, 0.4) is 0 Å². The van der Waals surface area contributed by atoms with Gasteiger partial charge in [0.1, 0.15) is 5.82 Å². The van der Waals surface area contributed by atoms with E-state index < -0.39 is 11.9 Å². The van der Waals surface area contributed by atoms with Crippen molar-refractivity contribution in [2.45, 2.75) is 32.1 Å². The van der Waals surface area contributed by atoms with Gasteiger partial charge in [-0.05, 0) is 36.5 Å². The minimum atomic E-state index is -0.842. The quantitative estimate of drug-likeness (QED) is 0.928. The second-order valence-electron chi connectivity index (χ2n) is 5.68. The Kier molecular flexibility index (Phi) is 4.94. The predicted molar refractivity (Wildman–Crippen MR) is 76.4 cm³/mol. The van der Waals surface area contributed by atoms with Crippen molar-refractivity contribution in [1.29, 1.82) is 0 Å². The first-order chi connectivity index (χ1) is 9.97. The fourth-order valence-corrected chi connectivity index (χ4v) is 2.73. The average molecular weight is 293 g/mol. The van der Waals surface area contributed by atoms with E-state index in [4.69, 9.17) is 5.11 Å². The van der Waals surface area contributed by atoms with E-state index in [9.17, 15) is 14.0 Å². The highest BCUT2D eigenvalue weighted by molar-refractivity contribution is 5.78. The Labute approximate surface area is 123 Å². The Morgan fingerprint density at radius 2 is 2.24 bits per heavy atom. The van der Waals surface area contributed by atoms with E-state index in [-0.39, 0.29) is 30.6 Å². The molecule has 0 aliphatic carbocycles. The fraction of sp³-hybridized carbons (Fsp3) is 0.500. The number of aliphatic carboxylic acids is 1. The third kappa shape index (κ3) is 4.03. The number of amides is 1. The molecule has 1 heterocycles. The molecule has 1 aromatic rings. The second kappa shape index (κ2) is 6.70. The van der Waals surface area contributed by atoms with E-state index in [0.29, 0.717) is 13.0 Å². The molecule has 114 valence electrons. The van der Waals surface area contributed by atoms with Crippen molar-refractivity contribution in [2.75, 3.05) is 13.1 Å². The number of carboxylic acid groups (broad SMARTS) is 1. The summed E-state index contributed by atoms with van der Waals surface area (Å²) in [6.07, 6.45) is 1.62. The number of hydrogen-bond donors (Lipinski definition) is 1. The van der Waals surface area contributed by atoms with Gasteiger partial charge in [0.15, 0.2) is 0 Å². The molecule has 1 saturated heterocycles. The lowest BCUT2D eigenvalue weighted by Gasteiger charge is -2.31. The van der Waals surface area contributed by atoms with Crippen molar-refractivity contribution < 1.29 is 19.1 Å². The molecule has 1 fully saturated rings. The second-order valence-corrected chi connectivity index (χ2v) is 5.68. The number of carbonyl (C=O) groups is 2. The smallest absolute Gasteiger partial charge is 0.308 e. The average Bonchev–Trinajstić information content (AvgIpc) is 2.47. The lowest BCUT2D eigenvalue weighted by atomic mass is 9.94. The normalized spacial score (nSPS) is 20.1. The molecule has 1 amide bonds. The maximum Gasteiger partial charge on any atom is 0.308 e. The first-order valence-corrected chi connectivity index (χ1v) is 7.23. The van der Waals surface area contributed by atoms with Crippen molar-refractivity contribution in [1.82, 2.24) is 4.90 Å². The van der Waals surface area contributed by atoms with Crippen LogP contribution < -0.4 is 0 Å². The number of piperidine rings is 1. The van der Waals surface area contributed by atoms with Gasteiger partial charge in [0.25, 0.3) is 0 Å². The van der Waals surface area contributed by atoms with E-state index in [1.807, 2.05) is 6.92 Å². The van der Waals surface area contributed by atoms with Gasteiger partial charge in [-0.15, -0.1) is 0 Å². The first-order valence-electron chi connectivity index (χ1n) is 7.23. The van der Waals surface area contributed by atoms with E-state index in [0.717, 1.165) is 12.0 Å². The Bertz CT molecular complexity index is 532. The standard InChI is InChI=1S/C16H20FNO3/c1-11(12-4-2-6-14(17)9-12)8-15(19)18-7-3-5-13(10-18)16(20)21/h2,4,6,9,11,13H,3,5,7-8,10H2,1H3,(H,20,21)/t11-,13-/m0/s1. The van der Waals surface area contributed by atoms with Gasteiger partial charge < -0.3 is 10.0 Å². The van der Waals surface area contributed by atoms with Gasteiger partial charge in [-0.2, -0.15) is 0 Å². The van der Waals surface area contributed by atoms with Gasteiger partial charge in [-0.3, -0.25) is 9.59 Å². The minimum absolute atomic E-state index is 0.0577. The van der Waals surface area contributed by atoms with Crippen LogP contribution in [0.4, 0.5) is 4.39 Å². The number of benzene rings is 1. The summed E-state index contributed by atoms with van der Waals surface area (Å²) in [5.41, 5.74) is 0.787. The summed E-state index contributed by atoms with van der Waals surface area (Å²) in [5, 5.41) is 9.05. The molecule has 4 nitrogen and oxygen atoms in total. The maximum atomic E-state index is 13.2. The zero-order valence-corrected chi connectivity index (χ0v) is 12.1. The number of carboxylic acids is 1. The highest BCUT2D eigenvalue weighted by Crippen LogP contribution is 2.23. The van der Waals surface area contributed by atoms with E-state index >= 15 is 0 Å². The number of rotatable bonds is 4. The van der Waals surface area contributed by atoms with E-state index in [1.54, 1.807) is 17.0 Å². The van der Waals surface area contributed by atoms with Crippen LogP contribution in [0.1, 0.15) is 37.7 Å². The van der Waals surface area contributed by atoms with E-state index in [2.05, 4.69) is 0 Å². The molecule has 1 aliphatic heterocycles. The largest absolute Gasteiger partial charge is 0.481 e. The summed E-state index contributed by atoms with van der Waals surface area (Å²) in [6.45, 7) is 2.77. The minimum Gasteiger partial charge on any atom is -0.481 e. The van der Waals surface area contributed by atoms with Crippen LogP contribution in [-0.4, -0.2) is 35.0 Å². The van der Waals surface area contributed by atoms with Crippen LogP contribution in [0.15, 0.2) is 24.3 Å². The molecule has 1 N–H and O–H groups in total. The van der Waals surface area contributed by atoms with Gasteiger partial charge in [0, 0.05) is 19.5 Å². The lowest BCUT2D eigenvalue weighted by molar-refractivity contribution is -0.145. The van der Waals surface area contributed by atoms with Gasteiger partial charge in [-0.25, -0.2) is 4.39 Å². The third-order valence-electron chi connectivity index (χ3n) is 4.02. The molecule has 2 atom stereocenters. The molecule has 0 spiro atoms. The van der Waals surface area contributed by atoms with Crippen molar-refractivity contribution in [3.8, 4) is 0 Å². The molecular weight excluding hydrogens is 273 g/mol. The highest BCUT2D eigenvalue weighted by atomic mass is 19.1. The summed E-state index contributed by atoms with van der Waals surface area (Å²) in [4.78, 5) is 24.9. The lowest BCUT2D eigenvalue weighted by Crippen LogP contribution is -2.42. The van der Waals surface area contributed by atoms with Crippen molar-refractivity contribution >= 4 is 11.9 Å². The molecule has 0 radical (unpaired) electrons. The van der Waals surface area contributed by atoms with Crippen LogP contribution in [0, 0.1) is 11.7 Å². The molecule has 1 aliphatic rings. The van der Waals surface area contributed by atoms with Crippen molar-refractivity contribution in [3.05, 3.63) is 35.6 Å². The van der Waals surface area contributed by atoms with Crippen molar-refractivity contribution in [2.24, 2.45) is 5.92 Å². The Morgan fingerprint density at radius 1 is 1.48 bits per heavy atom. The van der Waals surface area contributed by atoms with Crippen LogP contribution in [0.5, 0.6) is 0 Å². The van der Waals surface area contributed by atoms with E-state index in [1.165, 1.54) is 12.1 Å². The topological polar surface area (TPSA) is 57.6 Å². The highest BCUT2D eigenvalue weighted by Gasteiger charge is 2.28. The van der Waals surface area contributed by atoms with Crippen LogP contribution >= 0.6 is 0 Å². The number of hydrogen-bond acceptors (Lipinski definition) is 2. The Hall–Kier alpha value is -1.91. The molecular formula is C16H20FNO3. The SMILES string of the molecule is C[C@@H](CC(=O)N1CCC[C@H](C(=O)O)C1)c1cccc(F)c1. The van der Waals surface area contributed by atoms with Crippen LogP contribution in [0.25, 0.3) is 0 Å². The maximum absolute atomic E-state index is 13.2. The van der Waals surface area contributed by atoms with Crippen molar-refractivity contribution in [3.63, 3.8) is 0 Å². The van der Waals surface area contributed by atoms with Gasteiger partial charge >= 0.3 is 5.97 Å². The molecule has 5 heteroatoms. The summed E-state index contributed by atoms with van der Waals surface area (Å²) in [5.74, 6) is -1.76. The first kappa shape index (κ1) is 15.5. The van der Waals surface area contributed by atoms with Gasteiger partial charge in [0.05, 0.1) is 5.92 Å². The molecule has 21 heavy (non-hydrogen) atoms. The number of nitrogens with zero attached hydrogens (tertiary/aromatic N) is 1.